The summed E-state index contributed by atoms with van der Waals surface area (Å²) in [5.41, 5.74) is 3.97. The fourth-order valence-corrected chi connectivity index (χ4v) is 2.40. The number of carbonyl (C=O) groups is 1. The van der Waals surface area contributed by atoms with Crippen molar-refractivity contribution in [2.75, 3.05) is 0 Å². The number of benzene rings is 3. The van der Waals surface area contributed by atoms with Crippen molar-refractivity contribution in [1.29, 1.82) is 0 Å². The van der Waals surface area contributed by atoms with E-state index < -0.39 is 5.91 Å². The van der Waals surface area contributed by atoms with Crippen molar-refractivity contribution in [3.05, 3.63) is 71.8 Å². The normalized spacial score (nSPS) is 11.5. The molecule has 0 bridgehead atoms. The fourth-order valence-electron chi connectivity index (χ4n) is 2.40. The standard InChI is InChI=1S/C19H16N2O3/c1-12(13-6-9-15(22)10-7-13)20-21-19(24)17-11-8-14-4-2-3-5-16(14)18(17)23/h2-11,22-23H,1H3,(H,21,24)/b20-12-. The van der Waals surface area contributed by atoms with Crippen LogP contribution in [0.4, 0.5) is 0 Å². The third-order valence-corrected chi connectivity index (χ3v) is 3.76. The van der Waals surface area contributed by atoms with Crippen LogP contribution >= 0.6 is 0 Å². The Bertz CT molecular complexity index is 931. The van der Waals surface area contributed by atoms with Gasteiger partial charge in [-0.05, 0) is 48.2 Å². The molecular weight excluding hydrogens is 304 g/mol. The fraction of sp³-hybridized carbons (Fsp3) is 0.0526. The van der Waals surface area contributed by atoms with E-state index in [1.54, 1.807) is 55.5 Å². The van der Waals surface area contributed by atoms with Crippen molar-refractivity contribution in [2.24, 2.45) is 5.10 Å². The number of aromatic hydroxyl groups is 2. The molecule has 0 heterocycles. The molecule has 3 rings (SSSR count). The van der Waals surface area contributed by atoms with Crippen molar-refractivity contribution in [2.45, 2.75) is 6.92 Å². The molecule has 0 saturated heterocycles. The monoisotopic (exact) mass is 320 g/mol. The maximum absolute atomic E-state index is 12.3. The van der Waals surface area contributed by atoms with Gasteiger partial charge in [0, 0.05) is 5.39 Å². The van der Waals surface area contributed by atoms with E-state index in [1.807, 2.05) is 12.1 Å². The first-order valence-corrected chi connectivity index (χ1v) is 7.41. The van der Waals surface area contributed by atoms with Crippen LogP contribution in [-0.4, -0.2) is 21.8 Å². The summed E-state index contributed by atoms with van der Waals surface area (Å²) in [6.45, 7) is 1.74. The highest BCUT2D eigenvalue weighted by molar-refractivity contribution is 6.05. The number of nitrogens with one attached hydrogen (secondary N) is 1. The molecule has 0 aromatic heterocycles. The lowest BCUT2D eigenvalue weighted by molar-refractivity contribution is 0.0952. The smallest absolute Gasteiger partial charge is 0.275 e. The number of rotatable bonds is 3. The predicted molar refractivity (Wildman–Crippen MR) is 93.4 cm³/mol. The zero-order chi connectivity index (χ0) is 17.1. The largest absolute Gasteiger partial charge is 0.508 e. The van der Waals surface area contributed by atoms with Crippen LogP contribution in [0.3, 0.4) is 0 Å². The van der Waals surface area contributed by atoms with Crippen molar-refractivity contribution in [3.63, 3.8) is 0 Å². The minimum Gasteiger partial charge on any atom is -0.508 e. The summed E-state index contributed by atoms with van der Waals surface area (Å²) in [5.74, 6) is -0.392. The van der Waals surface area contributed by atoms with E-state index in [-0.39, 0.29) is 17.1 Å². The number of carbonyl (C=O) groups excluding carboxylic acids is 1. The molecule has 1 amide bonds. The van der Waals surface area contributed by atoms with Gasteiger partial charge in [0.25, 0.3) is 5.91 Å². The first kappa shape index (κ1) is 15.6. The number of phenols is 2. The molecule has 3 aromatic rings. The maximum Gasteiger partial charge on any atom is 0.275 e. The van der Waals surface area contributed by atoms with Crippen LogP contribution in [0.25, 0.3) is 10.8 Å². The Balaban J connectivity index is 1.83. The Morgan fingerprint density at radius 1 is 0.958 bits per heavy atom. The summed E-state index contributed by atoms with van der Waals surface area (Å²) in [4.78, 5) is 12.3. The Hall–Kier alpha value is -3.34. The lowest BCUT2D eigenvalue weighted by atomic mass is 10.1. The molecule has 5 heteroatoms. The molecule has 0 saturated carbocycles. The Kier molecular flexibility index (Phi) is 4.16. The maximum atomic E-state index is 12.3. The summed E-state index contributed by atoms with van der Waals surface area (Å²) in [6.07, 6.45) is 0. The minimum absolute atomic E-state index is 0.0666. The van der Waals surface area contributed by atoms with Crippen LogP contribution in [0.1, 0.15) is 22.8 Å². The van der Waals surface area contributed by atoms with Gasteiger partial charge in [-0.1, -0.05) is 30.3 Å². The molecule has 5 nitrogen and oxygen atoms in total. The van der Waals surface area contributed by atoms with Crippen molar-refractivity contribution >= 4 is 22.4 Å². The van der Waals surface area contributed by atoms with Gasteiger partial charge in [0.1, 0.15) is 11.5 Å². The molecule has 0 atom stereocenters. The van der Waals surface area contributed by atoms with Crippen molar-refractivity contribution in [1.82, 2.24) is 5.43 Å². The number of fused-ring (bicyclic) bond motifs is 1. The number of hydrazone groups is 1. The van der Waals surface area contributed by atoms with Gasteiger partial charge in [-0.25, -0.2) is 5.43 Å². The van der Waals surface area contributed by atoms with E-state index in [9.17, 15) is 15.0 Å². The van der Waals surface area contributed by atoms with Gasteiger partial charge < -0.3 is 10.2 Å². The van der Waals surface area contributed by atoms with Gasteiger partial charge in [-0.2, -0.15) is 5.10 Å². The topological polar surface area (TPSA) is 81.9 Å². The van der Waals surface area contributed by atoms with Crippen LogP contribution in [0.5, 0.6) is 11.5 Å². The van der Waals surface area contributed by atoms with Crippen LogP contribution in [-0.2, 0) is 0 Å². The van der Waals surface area contributed by atoms with E-state index in [2.05, 4.69) is 10.5 Å². The highest BCUT2D eigenvalue weighted by atomic mass is 16.3. The molecule has 0 aliphatic carbocycles. The predicted octanol–water partition coefficient (Wildman–Crippen LogP) is 3.41. The Morgan fingerprint density at radius 2 is 1.67 bits per heavy atom. The second-order valence-corrected chi connectivity index (χ2v) is 5.37. The van der Waals surface area contributed by atoms with Gasteiger partial charge in [0.15, 0.2) is 0 Å². The second kappa shape index (κ2) is 6.42. The summed E-state index contributed by atoms with van der Waals surface area (Å²) in [6, 6.07) is 17.1. The zero-order valence-corrected chi connectivity index (χ0v) is 13.0. The molecule has 0 aliphatic rings. The molecule has 0 unspecified atom stereocenters. The average molecular weight is 320 g/mol. The summed E-state index contributed by atoms with van der Waals surface area (Å²) < 4.78 is 0. The van der Waals surface area contributed by atoms with Gasteiger partial charge in [0.2, 0.25) is 0 Å². The zero-order valence-electron chi connectivity index (χ0n) is 13.0. The molecule has 0 fully saturated rings. The lowest BCUT2D eigenvalue weighted by Gasteiger charge is -2.07. The first-order valence-electron chi connectivity index (χ1n) is 7.41. The highest BCUT2D eigenvalue weighted by Gasteiger charge is 2.13. The third kappa shape index (κ3) is 3.05. The van der Waals surface area contributed by atoms with Crippen molar-refractivity contribution < 1.29 is 15.0 Å². The molecule has 24 heavy (non-hydrogen) atoms. The third-order valence-electron chi connectivity index (χ3n) is 3.76. The van der Waals surface area contributed by atoms with E-state index in [1.165, 1.54) is 0 Å². The van der Waals surface area contributed by atoms with Gasteiger partial charge in [-0.15, -0.1) is 0 Å². The van der Waals surface area contributed by atoms with Crippen LogP contribution in [0.15, 0.2) is 65.8 Å². The number of phenolic OH excluding ortho intramolecular Hbond substituents is 2. The number of hydrogen-bond acceptors (Lipinski definition) is 4. The molecule has 3 N–H and O–H groups in total. The first-order chi connectivity index (χ1) is 11.6. The lowest BCUT2D eigenvalue weighted by Crippen LogP contribution is -2.19. The number of amides is 1. The van der Waals surface area contributed by atoms with E-state index in [0.29, 0.717) is 11.1 Å². The van der Waals surface area contributed by atoms with Crippen molar-refractivity contribution in [3.8, 4) is 11.5 Å². The number of hydrogen-bond donors (Lipinski definition) is 3. The molecular formula is C19H16N2O3. The summed E-state index contributed by atoms with van der Waals surface area (Å²) in [7, 11) is 0. The summed E-state index contributed by atoms with van der Waals surface area (Å²) in [5, 5.41) is 25.1. The quantitative estimate of drug-likeness (QED) is 0.511. The second-order valence-electron chi connectivity index (χ2n) is 5.37. The van der Waals surface area contributed by atoms with Gasteiger partial charge >= 0.3 is 0 Å². The van der Waals surface area contributed by atoms with Crippen LogP contribution < -0.4 is 5.43 Å². The number of nitrogens with zero attached hydrogens (tertiary/aromatic N) is 1. The Morgan fingerprint density at radius 3 is 2.42 bits per heavy atom. The molecule has 0 spiro atoms. The molecule has 3 aromatic carbocycles. The Labute approximate surface area is 138 Å². The average Bonchev–Trinajstić information content (AvgIpc) is 2.60. The van der Waals surface area contributed by atoms with E-state index in [4.69, 9.17) is 0 Å². The SMILES string of the molecule is C/C(=N/NC(=O)c1ccc2ccccc2c1O)c1ccc(O)cc1. The van der Waals surface area contributed by atoms with E-state index >= 15 is 0 Å². The van der Waals surface area contributed by atoms with Gasteiger partial charge in [0.05, 0.1) is 11.3 Å². The van der Waals surface area contributed by atoms with Crippen LogP contribution in [0, 0.1) is 0 Å². The van der Waals surface area contributed by atoms with E-state index in [0.717, 1.165) is 10.9 Å². The summed E-state index contributed by atoms with van der Waals surface area (Å²) >= 11 is 0. The van der Waals surface area contributed by atoms with Crippen LogP contribution in [0.2, 0.25) is 0 Å². The molecule has 0 aliphatic heterocycles. The molecule has 120 valence electrons. The van der Waals surface area contributed by atoms with Gasteiger partial charge in [-0.3, -0.25) is 4.79 Å². The minimum atomic E-state index is -0.489. The highest BCUT2D eigenvalue weighted by Crippen LogP contribution is 2.28. The molecule has 0 radical (unpaired) electrons.